The minimum Gasteiger partial charge on any atom is -0.462 e. The molecule has 0 aromatic heterocycles. The molecule has 17 heavy (non-hydrogen) atoms. The van der Waals surface area contributed by atoms with E-state index in [1.807, 2.05) is 12.1 Å². The van der Waals surface area contributed by atoms with E-state index in [9.17, 15) is 4.79 Å². The third-order valence-corrected chi connectivity index (χ3v) is 2.34. The van der Waals surface area contributed by atoms with Crippen molar-refractivity contribution in [1.29, 1.82) is 0 Å². The Bertz CT molecular complexity index is 476. The van der Waals surface area contributed by atoms with Gasteiger partial charge in [-0.1, -0.05) is 33.2 Å². The minimum atomic E-state index is -0.631. The summed E-state index contributed by atoms with van der Waals surface area (Å²) in [4.78, 5) is 14.0. The Labute approximate surface area is 107 Å². The zero-order valence-electron chi connectivity index (χ0n) is 9.13. The molecule has 0 amide bonds. The summed E-state index contributed by atoms with van der Waals surface area (Å²) in [5.41, 5.74) is 9.07. The van der Waals surface area contributed by atoms with E-state index in [0.29, 0.717) is 0 Å². The Morgan fingerprint density at radius 2 is 2.18 bits per heavy atom. The number of esters is 1. The summed E-state index contributed by atoms with van der Waals surface area (Å²) in [5, 5.41) is 3.32. The quantitative estimate of drug-likeness (QED) is 0.279. The van der Waals surface area contributed by atoms with Gasteiger partial charge in [0.25, 0.3) is 0 Å². The van der Waals surface area contributed by atoms with Crippen LogP contribution >= 0.6 is 15.9 Å². The lowest BCUT2D eigenvalue weighted by Crippen LogP contribution is -2.05. The summed E-state index contributed by atoms with van der Waals surface area (Å²) in [6.45, 7) is 1.92. The lowest BCUT2D eigenvalue weighted by molar-refractivity contribution is -0.138. The Balaban J connectivity index is 3.01. The molecule has 0 heterocycles. The molecule has 0 aliphatic carbocycles. The first-order chi connectivity index (χ1) is 8.17. The molecule has 0 saturated carbocycles. The van der Waals surface area contributed by atoms with Crippen LogP contribution in [-0.4, -0.2) is 12.6 Å². The van der Waals surface area contributed by atoms with Gasteiger partial charge in [-0.15, -0.1) is 0 Å². The van der Waals surface area contributed by atoms with Gasteiger partial charge in [0.1, 0.15) is 5.70 Å². The molecule has 0 saturated heterocycles. The number of benzene rings is 1. The molecule has 6 heteroatoms. The number of ether oxygens (including phenoxy) is 1. The molecule has 0 spiro atoms. The first kappa shape index (κ1) is 13.3. The van der Waals surface area contributed by atoms with Crippen LogP contribution in [-0.2, 0) is 9.53 Å². The molecule has 0 aliphatic rings. The van der Waals surface area contributed by atoms with Crippen LogP contribution in [0.1, 0.15) is 12.5 Å². The van der Waals surface area contributed by atoms with Crippen molar-refractivity contribution in [2.75, 3.05) is 6.61 Å². The predicted octanol–water partition coefficient (Wildman–Crippen LogP) is 3.66. The van der Waals surface area contributed by atoms with Gasteiger partial charge >= 0.3 is 5.97 Å². The molecule has 1 rings (SSSR count). The van der Waals surface area contributed by atoms with E-state index in [0.717, 1.165) is 10.0 Å². The maximum Gasteiger partial charge on any atom is 0.340 e. The fourth-order valence-corrected chi connectivity index (χ4v) is 1.36. The average molecular weight is 296 g/mol. The summed E-state index contributed by atoms with van der Waals surface area (Å²) in [7, 11) is 0. The molecule has 0 aliphatic heterocycles. The second kappa shape index (κ2) is 6.73. The number of carbonyl (C=O) groups is 1. The van der Waals surface area contributed by atoms with E-state index >= 15 is 0 Å². The van der Waals surface area contributed by atoms with Crippen molar-refractivity contribution < 1.29 is 9.53 Å². The standard InChI is InChI=1S/C11H10BrN3O2/c1-2-17-11(16)10(14-15-13)7-8-3-5-9(12)6-4-8/h3-7H,2H2,1H3. The molecule has 88 valence electrons. The van der Waals surface area contributed by atoms with Gasteiger partial charge in [0.15, 0.2) is 0 Å². The SMILES string of the molecule is CCOC(=O)C(=Cc1ccc(Br)cc1)N=[N+]=[N-]. The molecule has 0 fully saturated rings. The van der Waals surface area contributed by atoms with Crippen molar-refractivity contribution >= 4 is 28.0 Å². The van der Waals surface area contributed by atoms with Gasteiger partial charge < -0.3 is 4.74 Å². The summed E-state index contributed by atoms with van der Waals surface area (Å²) >= 11 is 3.30. The Hall–Kier alpha value is -1.78. The monoisotopic (exact) mass is 295 g/mol. The van der Waals surface area contributed by atoms with E-state index in [2.05, 4.69) is 26.0 Å². The van der Waals surface area contributed by atoms with Crippen LogP contribution in [0.5, 0.6) is 0 Å². The summed E-state index contributed by atoms with van der Waals surface area (Å²) in [5.74, 6) is -0.631. The van der Waals surface area contributed by atoms with Crippen LogP contribution in [0.4, 0.5) is 0 Å². The second-order valence-corrected chi connectivity index (χ2v) is 3.91. The normalized spacial score (nSPS) is 10.6. The number of hydrogen-bond donors (Lipinski definition) is 0. The topological polar surface area (TPSA) is 75.1 Å². The molecule has 1 aromatic carbocycles. The smallest absolute Gasteiger partial charge is 0.340 e. The third kappa shape index (κ3) is 4.30. The van der Waals surface area contributed by atoms with E-state index in [4.69, 9.17) is 10.3 Å². The summed E-state index contributed by atoms with van der Waals surface area (Å²) < 4.78 is 5.70. The second-order valence-electron chi connectivity index (χ2n) is 2.99. The number of nitrogens with zero attached hydrogens (tertiary/aromatic N) is 3. The highest BCUT2D eigenvalue weighted by molar-refractivity contribution is 9.10. The Morgan fingerprint density at radius 3 is 2.71 bits per heavy atom. The zero-order chi connectivity index (χ0) is 12.7. The van der Waals surface area contributed by atoms with Gasteiger partial charge in [-0.3, -0.25) is 0 Å². The van der Waals surface area contributed by atoms with Crippen molar-refractivity contribution in [1.82, 2.24) is 0 Å². The zero-order valence-corrected chi connectivity index (χ0v) is 10.7. The molecule has 0 N–H and O–H groups in total. The van der Waals surface area contributed by atoms with Crippen molar-refractivity contribution in [3.63, 3.8) is 0 Å². The maximum atomic E-state index is 11.4. The number of hydrogen-bond acceptors (Lipinski definition) is 3. The third-order valence-electron chi connectivity index (χ3n) is 1.81. The Kier molecular flexibility index (Phi) is 5.26. The molecule has 0 unspecified atom stereocenters. The fourth-order valence-electron chi connectivity index (χ4n) is 1.10. The van der Waals surface area contributed by atoms with Gasteiger partial charge in [0.05, 0.1) is 6.61 Å². The number of rotatable bonds is 4. The molecule has 5 nitrogen and oxygen atoms in total. The first-order valence-electron chi connectivity index (χ1n) is 4.87. The fraction of sp³-hybridized carbons (Fsp3) is 0.182. The summed E-state index contributed by atoms with van der Waals surface area (Å²) in [6.07, 6.45) is 1.48. The van der Waals surface area contributed by atoms with Crippen molar-refractivity contribution in [3.8, 4) is 0 Å². The van der Waals surface area contributed by atoms with Crippen LogP contribution in [0.2, 0.25) is 0 Å². The highest BCUT2D eigenvalue weighted by Gasteiger charge is 2.08. The van der Waals surface area contributed by atoms with E-state index in [1.165, 1.54) is 6.08 Å². The minimum absolute atomic E-state index is 0.0586. The maximum absolute atomic E-state index is 11.4. The van der Waals surface area contributed by atoms with Crippen molar-refractivity contribution in [2.24, 2.45) is 5.11 Å². The van der Waals surface area contributed by atoms with Gasteiger partial charge in [0.2, 0.25) is 0 Å². The molecular formula is C11H10BrN3O2. The lowest BCUT2D eigenvalue weighted by atomic mass is 10.2. The predicted molar refractivity (Wildman–Crippen MR) is 67.9 cm³/mol. The van der Waals surface area contributed by atoms with Crippen molar-refractivity contribution in [2.45, 2.75) is 6.92 Å². The van der Waals surface area contributed by atoms with E-state index in [1.54, 1.807) is 19.1 Å². The average Bonchev–Trinajstić information content (AvgIpc) is 2.31. The largest absolute Gasteiger partial charge is 0.462 e. The molecule has 0 radical (unpaired) electrons. The van der Waals surface area contributed by atoms with Crippen LogP contribution in [0.25, 0.3) is 16.5 Å². The molecular weight excluding hydrogens is 286 g/mol. The summed E-state index contributed by atoms with van der Waals surface area (Å²) in [6, 6.07) is 7.22. The van der Waals surface area contributed by atoms with E-state index in [-0.39, 0.29) is 12.3 Å². The van der Waals surface area contributed by atoms with Crippen LogP contribution in [0.15, 0.2) is 39.5 Å². The van der Waals surface area contributed by atoms with Crippen molar-refractivity contribution in [3.05, 3.63) is 50.4 Å². The number of azide groups is 1. The highest BCUT2D eigenvalue weighted by atomic mass is 79.9. The van der Waals surface area contributed by atoms with E-state index < -0.39 is 5.97 Å². The lowest BCUT2D eigenvalue weighted by Gasteiger charge is -2.01. The van der Waals surface area contributed by atoms with Gasteiger partial charge in [-0.25, -0.2) is 4.79 Å². The molecule has 0 bridgehead atoms. The first-order valence-corrected chi connectivity index (χ1v) is 5.66. The van der Waals surface area contributed by atoms with Gasteiger partial charge in [-0.2, -0.15) is 0 Å². The van der Waals surface area contributed by atoms with Gasteiger partial charge in [0, 0.05) is 9.38 Å². The van der Waals surface area contributed by atoms with Crippen LogP contribution < -0.4 is 0 Å². The molecule has 0 atom stereocenters. The molecule has 1 aromatic rings. The highest BCUT2D eigenvalue weighted by Crippen LogP contribution is 2.14. The number of halogens is 1. The van der Waals surface area contributed by atoms with Crippen LogP contribution in [0, 0.1) is 0 Å². The number of carbonyl (C=O) groups excluding carboxylic acids is 1. The van der Waals surface area contributed by atoms with Gasteiger partial charge in [-0.05, 0) is 36.2 Å². The van der Waals surface area contributed by atoms with Crippen LogP contribution in [0.3, 0.4) is 0 Å². The Morgan fingerprint density at radius 1 is 1.53 bits per heavy atom.